The SMILES string of the molecule is CCc1nc2sc(C(=O)O)c(C)c2c(=O)n1CCC(C)=O. The highest BCUT2D eigenvalue weighted by atomic mass is 32.1. The van der Waals surface area contributed by atoms with E-state index in [9.17, 15) is 14.4 Å². The summed E-state index contributed by atoms with van der Waals surface area (Å²) in [4.78, 5) is 39.9. The van der Waals surface area contributed by atoms with Crippen LogP contribution in [0.5, 0.6) is 0 Å². The van der Waals surface area contributed by atoms with Crippen LogP contribution < -0.4 is 5.56 Å². The molecular weight excluding hydrogens is 292 g/mol. The quantitative estimate of drug-likeness (QED) is 0.912. The Labute approximate surface area is 125 Å². The van der Waals surface area contributed by atoms with Gasteiger partial charge >= 0.3 is 5.97 Å². The zero-order valence-electron chi connectivity index (χ0n) is 12.1. The van der Waals surface area contributed by atoms with Crippen molar-refractivity contribution in [2.75, 3.05) is 0 Å². The lowest BCUT2D eigenvalue weighted by atomic mass is 10.2. The van der Waals surface area contributed by atoms with Gasteiger partial charge in [0.1, 0.15) is 21.3 Å². The van der Waals surface area contributed by atoms with E-state index < -0.39 is 5.97 Å². The summed E-state index contributed by atoms with van der Waals surface area (Å²) in [6.07, 6.45) is 0.803. The predicted octanol–water partition coefficient (Wildman–Crippen LogP) is 2.01. The van der Waals surface area contributed by atoms with Gasteiger partial charge in [-0.1, -0.05) is 6.92 Å². The molecule has 0 aliphatic rings. The van der Waals surface area contributed by atoms with Crippen LogP contribution in [0.15, 0.2) is 4.79 Å². The molecular formula is C14H16N2O4S. The second kappa shape index (κ2) is 5.77. The average molecular weight is 308 g/mol. The van der Waals surface area contributed by atoms with Gasteiger partial charge in [-0.15, -0.1) is 11.3 Å². The molecule has 0 amide bonds. The van der Waals surface area contributed by atoms with Crippen LogP contribution in [0.2, 0.25) is 0 Å². The number of aromatic carboxylic acids is 1. The minimum absolute atomic E-state index is 0.00249. The van der Waals surface area contributed by atoms with Crippen molar-refractivity contribution >= 4 is 33.3 Å². The van der Waals surface area contributed by atoms with Crippen molar-refractivity contribution in [3.63, 3.8) is 0 Å². The topological polar surface area (TPSA) is 89.3 Å². The smallest absolute Gasteiger partial charge is 0.346 e. The fourth-order valence-corrected chi connectivity index (χ4v) is 3.26. The number of carbonyl (C=O) groups excluding carboxylic acids is 1. The van der Waals surface area contributed by atoms with Crippen LogP contribution in [0.25, 0.3) is 10.2 Å². The van der Waals surface area contributed by atoms with Gasteiger partial charge in [-0.2, -0.15) is 0 Å². The number of aromatic nitrogens is 2. The predicted molar refractivity (Wildman–Crippen MR) is 80.3 cm³/mol. The molecule has 2 rings (SSSR count). The van der Waals surface area contributed by atoms with Crippen LogP contribution in [0, 0.1) is 6.92 Å². The Hall–Kier alpha value is -2.02. The number of hydrogen-bond donors (Lipinski definition) is 1. The fourth-order valence-electron chi connectivity index (χ4n) is 2.23. The van der Waals surface area contributed by atoms with Crippen LogP contribution in [0.1, 0.15) is 41.3 Å². The van der Waals surface area contributed by atoms with E-state index in [1.54, 1.807) is 6.92 Å². The zero-order chi connectivity index (χ0) is 15.7. The van der Waals surface area contributed by atoms with Crippen molar-refractivity contribution < 1.29 is 14.7 Å². The lowest BCUT2D eigenvalue weighted by Crippen LogP contribution is -2.26. The van der Waals surface area contributed by atoms with Crippen LogP contribution in [0.4, 0.5) is 0 Å². The number of nitrogens with zero attached hydrogens (tertiary/aromatic N) is 2. The van der Waals surface area contributed by atoms with Crippen LogP contribution in [-0.2, 0) is 17.8 Å². The molecule has 0 aliphatic carbocycles. The van der Waals surface area contributed by atoms with Gasteiger partial charge in [-0.25, -0.2) is 9.78 Å². The number of hydrogen-bond acceptors (Lipinski definition) is 5. The molecule has 0 bridgehead atoms. The van der Waals surface area contributed by atoms with E-state index in [4.69, 9.17) is 5.11 Å². The Kier molecular flexibility index (Phi) is 4.22. The summed E-state index contributed by atoms with van der Waals surface area (Å²) in [6.45, 7) is 5.24. The lowest BCUT2D eigenvalue weighted by Gasteiger charge is -2.10. The Morgan fingerprint density at radius 1 is 1.38 bits per heavy atom. The Bertz CT molecular complexity index is 788. The monoisotopic (exact) mass is 308 g/mol. The van der Waals surface area contributed by atoms with Gasteiger partial charge in [-0.3, -0.25) is 14.2 Å². The number of Topliss-reactive ketones (excluding diaryl/α,β-unsaturated/α-hetero) is 1. The van der Waals surface area contributed by atoms with Crippen LogP contribution >= 0.6 is 11.3 Å². The van der Waals surface area contributed by atoms with E-state index in [0.29, 0.717) is 28.0 Å². The summed E-state index contributed by atoms with van der Waals surface area (Å²) in [5.74, 6) is -0.479. The van der Waals surface area contributed by atoms with Gasteiger partial charge in [0.25, 0.3) is 5.56 Å². The summed E-state index contributed by atoms with van der Waals surface area (Å²) < 4.78 is 1.48. The molecule has 1 N–H and O–H groups in total. The number of rotatable bonds is 5. The first-order valence-electron chi connectivity index (χ1n) is 6.62. The fraction of sp³-hybridized carbons (Fsp3) is 0.429. The van der Waals surface area contributed by atoms with Gasteiger partial charge in [-0.05, 0) is 19.4 Å². The summed E-state index contributed by atoms with van der Waals surface area (Å²) in [6, 6.07) is 0. The molecule has 7 heteroatoms. The first-order chi connectivity index (χ1) is 9.86. The Balaban J connectivity index is 2.71. The molecule has 0 spiro atoms. The Morgan fingerprint density at radius 3 is 2.57 bits per heavy atom. The molecule has 0 unspecified atom stereocenters. The maximum absolute atomic E-state index is 12.6. The summed E-state index contributed by atoms with van der Waals surface area (Å²) >= 11 is 1.02. The number of aryl methyl sites for hydroxylation is 2. The number of thiophene rings is 1. The Morgan fingerprint density at radius 2 is 2.05 bits per heavy atom. The molecule has 0 aromatic carbocycles. The molecule has 6 nitrogen and oxygen atoms in total. The molecule has 2 aromatic heterocycles. The third-order valence-electron chi connectivity index (χ3n) is 3.33. The third kappa shape index (κ3) is 2.73. The van der Waals surface area contributed by atoms with Crippen molar-refractivity contribution in [2.45, 2.75) is 40.2 Å². The van der Waals surface area contributed by atoms with Crippen molar-refractivity contribution in [1.82, 2.24) is 9.55 Å². The number of carboxylic acid groups (broad SMARTS) is 1. The third-order valence-corrected chi connectivity index (χ3v) is 4.50. The van der Waals surface area contributed by atoms with E-state index in [1.807, 2.05) is 6.92 Å². The second-order valence-electron chi connectivity index (χ2n) is 4.83. The number of carboxylic acids is 1. The number of carbonyl (C=O) groups is 2. The van der Waals surface area contributed by atoms with Gasteiger partial charge in [0.2, 0.25) is 0 Å². The van der Waals surface area contributed by atoms with E-state index in [0.717, 1.165) is 11.3 Å². The van der Waals surface area contributed by atoms with Crippen molar-refractivity contribution in [3.05, 3.63) is 26.6 Å². The molecule has 0 radical (unpaired) electrons. The largest absolute Gasteiger partial charge is 0.477 e. The van der Waals surface area contributed by atoms with E-state index in [2.05, 4.69) is 4.98 Å². The second-order valence-corrected chi connectivity index (χ2v) is 5.83. The number of ketones is 1. The molecule has 2 heterocycles. The standard InChI is InChI=1S/C14H16N2O4S/c1-4-9-15-12-10(8(3)11(21-12)14(19)20)13(18)16(9)6-5-7(2)17/h4-6H2,1-3H3,(H,19,20). The van der Waals surface area contributed by atoms with Gasteiger partial charge in [0, 0.05) is 19.4 Å². The maximum atomic E-state index is 12.6. The first-order valence-corrected chi connectivity index (χ1v) is 7.44. The minimum Gasteiger partial charge on any atom is -0.477 e. The normalized spacial score (nSPS) is 11.0. The van der Waals surface area contributed by atoms with Crippen LogP contribution in [-0.4, -0.2) is 26.4 Å². The molecule has 112 valence electrons. The first kappa shape index (κ1) is 15.4. The number of fused-ring (bicyclic) bond motifs is 1. The minimum atomic E-state index is -1.05. The highest BCUT2D eigenvalue weighted by Crippen LogP contribution is 2.27. The molecule has 21 heavy (non-hydrogen) atoms. The van der Waals surface area contributed by atoms with Crippen molar-refractivity contribution in [1.29, 1.82) is 0 Å². The molecule has 0 aliphatic heterocycles. The lowest BCUT2D eigenvalue weighted by molar-refractivity contribution is -0.117. The van der Waals surface area contributed by atoms with Crippen molar-refractivity contribution in [2.24, 2.45) is 0 Å². The maximum Gasteiger partial charge on any atom is 0.346 e. The average Bonchev–Trinajstić information content (AvgIpc) is 2.74. The van der Waals surface area contributed by atoms with Gasteiger partial charge < -0.3 is 5.11 Å². The molecule has 0 saturated carbocycles. The van der Waals surface area contributed by atoms with Crippen molar-refractivity contribution in [3.8, 4) is 0 Å². The molecule has 0 fully saturated rings. The highest BCUT2D eigenvalue weighted by Gasteiger charge is 2.20. The van der Waals surface area contributed by atoms with Gasteiger partial charge in [0.15, 0.2) is 0 Å². The van der Waals surface area contributed by atoms with E-state index in [1.165, 1.54) is 11.5 Å². The van der Waals surface area contributed by atoms with E-state index in [-0.39, 0.29) is 29.2 Å². The van der Waals surface area contributed by atoms with Crippen LogP contribution in [0.3, 0.4) is 0 Å². The van der Waals surface area contributed by atoms with E-state index >= 15 is 0 Å². The highest BCUT2D eigenvalue weighted by molar-refractivity contribution is 7.20. The summed E-state index contributed by atoms with van der Waals surface area (Å²) in [5.41, 5.74) is 0.179. The molecule has 0 saturated heterocycles. The van der Waals surface area contributed by atoms with Gasteiger partial charge in [0.05, 0.1) is 5.39 Å². The summed E-state index contributed by atoms with van der Waals surface area (Å²) in [5, 5.41) is 9.50. The zero-order valence-corrected chi connectivity index (χ0v) is 12.9. The molecule has 0 atom stereocenters. The molecule has 2 aromatic rings. The summed E-state index contributed by atoms with van der Waals surface area (Å²) in [7, 11) is 0.